The lowest BCUT2D eigenvalue weighted by Crippen LogP contribution is -2.45. The van der Waals surface area contributed by atoms with E-state index in [1.165, 1.54) is 10.9 Å². The van der Waals surface area contributed by atoms with Gasteiger partial charge in [0.2, 0.25) is 6.23 Å². The number of amides is 1. The molecule has 0 saturated carbocycles. The molecule has 1 N–H and O–H groups in total. The van der Waals surface area contributed by atoms with Crippen LogP contribution in [0.25, 0.3) is 10.9 Å². The normalized spacial score (nSPS) is 19.1. The van der Waals surface area contributed by atoms with Crippen LogP contribution < -0.4 is 4.74 Å². The summed E-state index contributed by atoms with van der Waals surface area (Å²) in [7, 11) is 0. The number of carbonyl (C=O) groups excluding carboxylic acids is 1. The molecule has 2 aliphatic rings. The molecule has 1 amide bonds. The Balaban J connectivity index is 1.69. The van der Waals surface area contributed by atoms with E-state index in [9.17, 15) is 4.79 Å². The van der Waals surface area contributed by atoms with E-state index in [1.54, 1.807) is 0 Å². The van der Waals surface area contributed by atoms with E-state index in [4.69, 9.17) is 4.74 Å². The third-order valence-corrected chi connectivity index (χ3v) is 5.14. The van der Waals surface area contributed by atoms with Crippen LogP contribution in [-0.4, -0.2) is 22.3 Å². The van der Waals surface area contributed by atoms with Gasteiger partial charge >= 0.3 is 0 Å². The van der Waals surface area contributed by atoms with Gasteiger partial charge in [-0.1, -0.05) is 34.1 Å². The maximum atomic E-state index is 12.8. The van der Waals surface area contributed by atoms with E-state index in [2.05, 4.69) is 33.0 Å². The van der Waals surface area contributed by atoms with Crippen LogP contribution in [0.1, 0.15) is 27.8 Å². The fourth-order valence-corrected chi connectivity index (χ4v) is 3.95. The van der Waals surface area contributed by atoms with Crippen LogP contribution in [0.3, 0.4) is 0 Å². The first kappa shape index (κ1) is 13.2. The molecule has 114 valence electrons. The SMILES string of the molecule is O=C1c2cc(Br)ccc2OC2c3[nH]c4ccccc4c3CCN12. The fourth-order valence-electron chi connectivity index (χ4n) is 3.58. The Morgan fingerprint density at radius 1 is 1.22 bits per heavy atom. The van der Waals surface area contributed by atoms with Crippen molar-refractivity contribution in [1.82, 2.24) is 9.88 Å². The lowest BCUT2D eigenvalue weighted by Gasteiger charge is -2.39. The summed E-state index contributed by atoms with van der Waals surface area (Å²) < 4.78 is 7.05. The van der Waals surface area contributed by atoms with E-state index in [1.807, 2.05) is 35.2 Å². The van der Waals surface area contributed by atoms with E-state index in [-0.39, 0.29) is 12.1 Å². The van der Waals surface area contributed by atoms with Gasteiger partial charge in [-0.3, -0.25) is 9.69 Å². The second kappa shape index (κ2) is 4.61. The molecule has 0 saturated heterocycles. The zero-order valence-corrected chi connectivity index (χ0v) is 13.8. The van der Waals surface area contributed by atoms with Crippen molar-refractivity contribution in [3.63, 3.8) is 0 Å². The predicted octanol–water partition coefficient (Wildman–Crippen LogP) is 4.02. The summed E-state index contributed by atoms with van der Waals surface area (Å²) in [5, 5.41) is 1.22. The molecule has 1 aromatic heterocycles. The fraction of sp³-hybridized carbons (Fsp3) is 0.167. The number of H-pyrrole nitrogens is 1. The van der Waals surface area contributed by atoms with Crippen molar-refractivity contribution in [1.29, 1.82) is 0 Å². The van der Waals surface area contributed by atoms with Crippen LogP contribution in [0.4, 0.5) is 0 Å². The van der Waals surface area contributed by atoms with Gasteiger partial charge in [-0.25, -0.2) is 0 Å². The molecule has 3 heterocycles. The molecule has 0 fully saturated rings. The molecular formula is C18H13BrN2O2. The Morgan fingerprint density at radius 2 is 2.09 bits per heavy atom. The number of fused-ring (bicyclic) bond motifs is 6. The smallest absolute Gasteiger partial charge is 0.260 e. The molecule has 23 heavy (non-hydrogen) atoms. The first-order chi connectivity index (χ1) is 11.2. The number of aromatic amines is 1. The summed E-state index contributed by atoms with van der Waals surface area (Å²) in [6, 6.07) is 13.8. The number of benzene rings is 2. The van der Waals surface area contributed by atoms with Gasteiger partial charge in [0.1, 0.15) is 5.75 Å². The molecule has 0 spiro atoms. The summed E-state index contributed by atoms with van der Waals surface area (Å²) >= 11 is 3.42. The van der Waals surface area contributed by atoms with Crippen LogP contribution >= 0.6 is 15.9 Å². The molecule has 3 aromatic rings. The van der Waals surface area contributed by atoms with Gasteiger partial charge in [0.25, 0.3) is 5.91 Å². The van der Waals surface area contributed by atoms with Crippen molar-refractivity contribution in [3.8, 4) is 5.75 Å². The van der Waals surface area contributed by atoms with Crippen molar-refractivity contribution in [2.75, 3.05) is 6.54 Å². The highest BCUT2D eigenvalue weighted by atomic mass is 79.9. The van der Waals surface area contributed by atoms with Crippen molar-refractivity contribution < 1.29 is 9.53 Å². The first-order valence-corrected chi connectivity index (χ1v) is 8.38. The molecule has 5 rings (SSSR count). The Kier molecular flexibility index (Phi) is 2.65. The van der Waals surface area contributed by atoms with Gasteiger partial charge < -0.3 is 9.72 Å². The molecule has 1 atom stereocenters. The Morgan fingerprint density at radius 3 is 3.00 bits per heavy atom. The number of rotatable bonds is 0. The number of hydrogen-bond donors (Lipinski definition) is 1. The minimum atomic E-state index is -0.368. The largest absolute Gasteiger partial charge is 0.464 e. The standard InChI is InChI=1S/C18H13BrN2O2/c19-10-5-6-15-13(9-10)17(22)21-8-7-12-11-3-1-2-4-14(11)20-16(12)18(21)23-15/h1-6,9,18,20H,7-8H2. The number of nitrogens with zero attached hydrogens (tertiary/aromatic N) is 1. The molecule has 0 radical (unpaired) electrons. The quantitative estimate of drug-likeness (QED) is 0.651. The maximum absolute atomic E-state index is 12.8. The van der Waals surface area contributed by atoms with E-state index in [0.717, 1.165) is 22.1 Å². The van der Waals surface area contributed by atoms with Gasteiger partial charge in [0, 0.05) is 21.9 Å². The Bertz CT molecular complexity index is 963. The highest BCUT2D eigenvalue weighted by Gasteiger charge is 2.40. The average Bonchev–Trinajstić information content (AvgIpc) is 2.95. The summed E-state index contributed by atoms with van der Waals surface area (Å²) in [6.07, 6.45) is 0.473. The number of halogens is 1. The van der Waals surface area contributed by atoms with Gasteiger partial charge in [0.15, 0.2) is 0 Å². The third kappa shape index (κ3) is 1.80. The highest BCUT2D eigenvalue weighted by Crippen LogP contribution is 2.41. The molecule has 4 nitrogen and oxygen atoms in total. The van der Waals surface area contributed by atoms with E-state index in [0.29, 0.717) is 17.9 Å². The zero-order valence-electron chi connectivity index (χ0n) is 12.2. The lowest BCUT2D eigenvalue weighted by molar-refractivity contribution is 0.00200. The minimum Gasteiger partial charge on any atom is -0.464 e. The number of nitrogens with one attached hydrogen (secondary N) is 1. The molecule has 0 bridgehead atoms. The summed E-state index contributed by atoms with van der Waals surface area (Å²) in [6.45, 7) is 0.671. The number of para-hydroxylation sites is 1. The minimum absolute atomic E-state index is 0.0295. The van der Waals surface area contributed by atoms with E-state index >= 15 is 0 Å². The van der Waals surface area contributed by atoms with Crippen molar-refractivity contribution in [3.05, 3.63) is 63.8 Å². The molecule has 5 heteroatoms. The number of ether oxygens (including phenoxy) is 1. The number of aromatic nitrogens is 1. The summed E-state index contributed by atoms with van der Waals surface area (Å²) in [5.41, 5.74) is 3.97. The molecule has 1 unspecified atom stereocenters. The van der Waals surface area contributed by atoms with Crippen LogP contribution in [0.2, 0.25) is 0 Å². The maximum Gasteiger partial charge on any atom is 0.260 e. The zero-order chi connectivity index (χ0) is 15.6. The summed E-state index contributed by atoms with van der Waals surface area (Å²) in [5.74, 6) is 0.674. The van der Waals surface area contributed by atoms with Gasteiger partial charge in [-0.05, 0) is 36.2 Å². The van der Waals surface area contributed by atoms with Gasteiger partial charge in [-0.15, -0.1) is 0 Å². The molecular weight excluding hydrogens is 356 g/mol. The van der Waals surface area contributed by atoms with E-state index < -0.39 is 0 Å². The molecule has 2 aromatic carbocycles. The topological polar surface area (TPSA) is 45.3 Å². The number of hydrogen-bond acceptors (Lipinski definition) is 2. The van der Waals surface area contributed by atoms with Gasteiger partial charge in [0.05, 0.1) is 11.3 Å². The highest BCUT2D eigenvalue weighted by molar-refractivity contribution is 9.10. The van der Waals surface area contributed by atoms with Crippen LogP contribution in [0, 0.1) is 0 Å². The van der Waals surface area contributed by atoms with Crippen molar-refractivity contribution >= 4 is 32.7 Å². The molecule has 2 aliphatic heterocycles. The van der Waals surface area contributed by atoms with Crippen molar-refractivity contribution in [2.45, 2.75) is 12.6 Å². The second-order valence-electron chi connectivity index (χ2n) is 5.92. The van der Waals surface area contributed by atoms with Crippen molar-refractivity contribution in [2.24, 2.45) is 0 Å². The van der Waals surface area contributed by atoms with Crippen LogP contribution in [-0.2, 0) is 6.42 Å². The second-order valence-corrected chi connectivity index (χ2v) is 6.84. The Labute approximate surface area is 141 Å². The monoisotopic (exact) mass is 368 g/mol. The molecule has 0 aliphatic carbocycles. The van der Waals surface area contributed by atoms with Crippen LogP contribution in [0.5, 0.6) is 5.75 Å². The van der Waals surface area contributed by atoms with Crippen LogP contribution in [0.15, 0.2) is 46.9 Å². The average molecular weight is 369 g/mol. The summed E-state index contributed by atoms with van der Waals surface area (Å²) in [4.78, 5) is 18.1. The lowest BCUT2D eigenvalue weighted by atomic mass is 9.99. The third-order valence-electron chi connectivity index (χ3n) is 4.65. The Hall–Kier alpha value is -2.27. The number of carbonyl (C=O) groups is 1. The predicted molar refractivity (Wildman–Crippen MR) is 90.6 cm³/mol. The van der Waals surface area contributed by atoms with Gasteiger partial charge in [-0.2, -0.15) is 0 Å². The first-order valence-electron chi connectivity index (χ1n) is 7.59.